The third-order valence-corrected chi connectivity index (χ3v) is 9.27. The molecule has 5 rings (SSSR count). The Morgan fingerprint density at radius 2 is 1.55 bits per heavy atom. The number of pyridine rings is 1. The highest BCUT2D eigenvalue weighted by atomic mass is 32.2. The van der Waals surface area contributed by atoms with E-state index in [4.69, 9.17) is 14.5 Å². The van der Waals surface area contributed by atoms with Crippen molar-refractivity contribution in [3.8, 4) is 0 Å². The van der Waals surface area contributed by atoms with Gasteiger partial charge in [0.1, 0.15) is 13.2 Å². The molecule has 0 saturated carbocycles. The third-order valence-electron chi connectivity index (χ3n) is 7.76. The summed E-state index contributed by atoms with van der Waals surface area (Å²) in [5.41, 5.74) is 2.97. The molecule has 2 aliphatic rings. The summed E-state index contributed by atoms with van der Waals surface area (Å²) in [5, 5.41) is 19.8. The van der Waals surface area contributed by atoms with Crippen LogP contribution in [0.5, 0.6) is 0 Å². The van der Waals surface area contributed by atoms with Gasteiger partial charge in [-0.05, 0) is 49.2 Å². The van der Waals surface area contributed by atoms with Crippen molar-refractivity contribution in [1.82, 2.24) is 20.9 Å². The van der Waals surface area contributed by atoms with Crippen molar-refractivity contribution in [3.05, 3.63) is 61.7 Å². The largest absolute Gasteiger partial charge is 0.445 e. The number of fused-ring (bicyclic) bond motifs is 3. The van der Waals surface area contributed by atoms with Gasteiger partial charge in [0.25, 0.3) is 0 Å². The number of carbonyl (C=O) groups is 4. The maximum absolute atomic E-state index is 12.6. The number of nitrogens with one attached hydrogen (secondary N) is 6. The molecule has 2 saturated heterocycles. The highest BCUT2D eigenvalue weighted by Gasteiger charge is 2.42. The first-order valence-electron chi connectivity index (χ1n) is 15.5. The molecule has 13 nitrogen and oxygen atoms in total. The summed E-state index contributed by atoms with van der Waals surface area (Å²) in [6.07, 6.45) is 4.83. The number of hydrogen-bond acceptors (Lipinski definition) is 9. The Labute approximate surface area is 276 Å². The van der Waals surface area contributed by atoms with Crippen molar-refractivity contribution in [1.29, 1.82) is 0 Å². The quantitative estimate of drug-likeness (QED) is 0.0560. The van der Waals surface area contributed by atoms with Gasteiger partial charge in [-0.15, -0.1) is 0 Å². The molecule has 0 unspecified atom stereocenters. The van der Waals surface area contributed by atoms with Crippen LogP contribution in [0.3, 0.4) is 0 Å². The van der Waals surface area contributed by atoms with E-state index >= 15 is 0 Å². The molecule has 0 bridgehead atoms. The number of benzene rings is 2. The second kappa shape index (κ2) is 16.0. The van der Waals surface area contributed by atoms with Crippen LogP contribution in [0.15, 0.2) is 61.7 Å². The summed E-state index contributed by atoms with van der Waals surface area (Å²) in [5.74, 6) is 0.914. The predicted octanol–water partition coefficient (Wildman–Crippen LogP) is 5.11. The summed E-state index contributed by atoms with van der Waals surface area (Å²) in [6, 6.07) is 11.0. The molecule has 2 fully saturated rings. The fourth-order valence-corrected chi connectivity index (χ4v) is 7.16. The molecule has 5 amide bonds. The molecular formula is C33H39N7O6S. The molecule has 47 heavy (non-hydrogen) atoms. The zero-order chi connectivity index (χ0) is 33.2. The van der Waals surface area contributed by atoms with Crippen LogP contribution in [0.25, 0.3) is 21.8 Å². The molecule has 3 aromatic rings. The van der Waals surface area contributed by atoms with E-state index in [0.29, 0.717) is 47.2 Å². The monoisotopic (exact) mass is 661 g/mol. The number of anilines is 3. The third kappa shape index (κ3) is 8.85. The predicted molar refractivity (Wildman–Crippen MR) is 185 cm³/mol. The number of aromatic nitrogens is 1. The lowest BCUT2D eigenvalue weighted by atomic mass is 10.0. The molecule has 0 radical (unpaired) electrons. The normalized spacial score (nSPS) is 18.0. The summed E-state index contributed by atoms with van der Waals surface area (Å²) >= 11 is 1.88. The van der Waals surface area contributed by atoms with E-state index in [-0.39, 0.29) is 37.2 Å². The zero-order valence-electron chi connectivity index (χ0n) is 25.9. The number of nitrogens with zero attached hydrogens (tertiary/aromatic N) is 1. The van der Waals surface area contributed by atoms with E-state index in [2.05, 4.69) is 45.1 Å². The zero-order valence-corrected chi connectivity index (χ0v) is 26.8. The molecule has 3 heterocycles. The second-order valence-corrected chi connectivity index (χ2v) is 12.4. The molecule has 0 spiro atoms. The highest BCUT2D eigenvalue weighted by Crippen LogP contribution is 2.34. The van der Waals surface area contributed by atoms with E-state index in [0.717, 1.165) is 41.5 Å². The number of amides is 5. The molecule has 1 aromatic heterocycles. The number of ether oxygens (including phenoxy) is 2. The number of thioether (sulfide) groups is 1. The molecule has 3 atom stereocenters. The van der Waals surface area contributed by atoms with E-state index in [9.17, 15) is 19.2 Å². The number of hydrogen-bond donors (Lipinski definition) is 6. The molecule has 6 N–H and O–H groups in total. The molecule has 14 heteroatoms. The van der Waals surface area contributed by atoms with Crippen LogP contribution >= 0.6 is 11.8 Å². The maximum Gasteiger partial charge on any atom is 0.411 e. The summed E-state index contributed by atoms with van der Waals surface area (Å²) < 4.78 is 10.1. The lowest BCUT2D eigenvalue weighted by Gasteiger charge is -2.16. The average molecular weight is 662 g/mol. The SMILES string of the molecule is C=CCOC(=O)Nc1ccc2c(NCCNC(=O)CCCC[C@@H]3SC[C@H]4NC(=O)N[C@H]34)c3ccc(NC(=O)OCC=C)cc3nc2c1. The maximum atomic E-state index is 12.6. The van der Waals surface area contributed by atoms with E-state index in [1.807, 2.05) is 23.9 Å². The van der Waals surface area contributed by atoms with Gasteiger partial charge in [-0.25, -0.2) is 19.4 Å². The Morgan fingerprint density at radius 3 is 2.17 bits per heavy atom. The Hall–Kier alpha value is -4.98. The number of rotatable bonds is 15. The van der Waals surface area contributed by atoms with Gasteiger partial charge in [-0.2, -0.15) is 11.8 Å². The van der Waals surface area contributed by atoms with Crippen molar-refractivity contribution in [2.24, 2.45) is 0 Å². The minimum absolute atomic E-state index is 0.0119. The van der Waals surface area contributed by atoms with Crippen molar-refractivity contribution in [2.75, 3.05) is 48.0 Å². The summed E-state index contributed by atoms with van der Waals surface area (Å²) in [4.78, 5) is 53.2. The van der Waals surface area contributed by atoms with Crippen LogP contribution in [0, 0.1) is 0 Å². The smallest absolute Gasteiger partial charge is 0.411 e. The van der Waals surface area contributed by atoms with Gasteiger partial charge in [0.15, 0.2) is 0 Å². The fourth-order valence-electron chi connectivity index (χ4n) is 5.62. The molecule has 248 valence electrons. The van der Waals surface area contributed by atoms with Crippen molar-refractivity contribution in [2.45, 2.75) is 43.0 Å². The first kappa shape index (κ1) is 33.4. The van der Waals surface area contributed by atoms with Crippen LogP contribution < -0.4 is 31.9 Å². The van der Waals surface area contributed by atoms with E-state index in [1.165, 1.54) is 12.2 Å². The van der Waals surface area contributed by atoms with Gasteiger partial charge in [0.05, 0.1) is 28.8 Å². The fraction of sp³-hybridized carbons (Fsp3) is 0.364. The number of carbonyl (C=O) groups excluding carboxylic acids is 4. The lowest BCUT2D eigenvalue weighted by Crippen LogP contribution is -2.36. The van der Waals surface area contributed by atoms with Crippen LogP contribution in [0.4, 0.5) is 31.4 Å². The Bertz CT molecular complexity index is 1580. The van der Waals surface area contributed by atoms with Crippen LogP contribution in [-0.2, 0) is 14.3 Å². The van der Waals surface area contributed by atoms with Crippen LogP contribution in [0.2, 0.25) is 0 Å². The second-order valence-electron chi connectivity index (χ2n) is 11.1. The molecular weight excluding hydrogens is 622 g/mol. The summed E-state index contributed by atoms with van der Waals surface area (Å²) in [6.45, 7) is 8.11. The Balaban J connectivity index is 1.20. The standard InChI is InChI=1S/C33H39N7O6S/c1-3-15-45-32(43)36-20-9-11-22-24(17-20)38-25-18-21(37-33(44)46-16-4-2)10-12-23(25)29(22)35-14-13-34-28(41)8-6-5-7-27-30-26(19-47-27)39-31(42)40-30/h3-4,9-12,17-18,26-27,30H,1-2,5-8,13-16,19H2,(H,34,41)(H,35,38)(H,36,43)(H,37,44)(H2,39,40,42)/t26-,27+,30+/m1/s1. The number of unbranched alkanes of at least 4 members (excludes halogenated alkanes) is 1. The van der Waals surface area contributed by atoms with Gasteiger partial charge in [-0.3, -0.25) is 15.4 Å². The highest BCUT2D eigenvalue weighted by molar-refractivity contribution is 8.00. The first-order chi connectivity index (χ1) is 22.8. The average Bonchev–Trinajstić information content (AvgIpc) is 3.61. The molecule has 0 aliphatic carbocycles. The van der Waals surface area contributed by atoms with Gasteiger partial charge >= 0.3 is 18.2 Å². The molecule has 2 aromatic carbocycles. The van der Waals surface area contributed by atoms with Gasteiger partial charge in [-0.1, -0.05) is 31.7 Å². The van der Waals surface area contributed by atoms with Gasteiger partial charge in [0, 0.05) is 52.7 Å². The topological polar surface area (TPSA) is 172 Å². The van der Waals surface area contributed by atoms with Gasteiger partial charge < -0.3 is 30.7 Å². The minimum atomic E-state index is -0.616. The first-order valence-corrected chi connectivity index (χ1v) is 16.6. The molecule has 2 aliphatic heterocycles. The Kier molecular flexibility index (Phi) is 11.4. The minimum Gasteiger partial charge on any atom is -0.445 e. The van der Waals surface area contributed by atoms with Crippen molar-refractivity contribution < 1.29 is 28.7 Å². The Morgan fingerprint density at radius 1 is 0.915 bits per heavy atom. The van der Waals surface area contributed by atoms with E-state index in [1.54, 1.807) is 24.3 Å². The van der Waals surface area contributed by atoms with Crippen LogP contribution in [-0.4, -0.2) is 78.5 Å². The van der Waals surface area contributed by atoms with Gasteiger partial charge in [0.2, 0.25) is 5.91 Å². The van der Waals surface area contributed by atoms with Crippen molar-refractivity contribution >= 4 is 74.8 Å². The number of urea groups is 1. The summed E-state index contributed by atoms with van der Waals surface area (Å²) in [7, 11) is 0. The van der Waals surface area contributed by atoms with Crippen molar-refractivity contribution in [3.63, 3.8) is 0 Å². The van der Waals surface area contributed by atoms with Crippen LogP contribution in [0.1, 0.15) is 25.7 Å². The van der Waals surface area contributed by atoms with E-state index < -0.39 is 12.2 Å². The lowest BCUT2D eigenvalue weighted by molar-refractivity contribution is -0.121.